The fourth-order valence-electron chi connectivity index (χ4n) is 5.36. The maximum atomic E-state index is 12.9. The molecular weight excluding hydrogens is 422 g/mol. The number of rotatable bonds is 8. The van der Waals surface area contributed by atoms with Gasteiger partial charge in [-0.25, -0.2) is 0 Å². The smallest absolute Gasteiger partial charge is 0.314 e. The fourth-order valence-corrected chi connectivity index (χ4v) is 7.79. The fraction of sp³-hybridized carbons (Fsp3) is 0.483. The molecule has 0 spiro atoms. The highest BCUT2D eigenvalue weighted by Crippen LogP contribution is 2.41. The summed E-state index contributed by atoms with van der Waals surface area (Å²) in [5.74, 6) is 2.79. The number of nitrogens with zero attached hydrogens (tertiary/aromatic N) is 1. The monoisotopic (exact) mass is 461 g/mol. The van der Waals surface area contributed by atoms with Gasteiger partial charge >= 0.3 is 5.97 Å². The molecular formula is C29H39NO2Si. The first-order valence-electron chi connectivity index (χ1n) is 12.6. The Balaban J connectivity index is 1.96. The van der Waals surface area contributed by atoms with Crippen molar-refractivity contribution >= 4 is 14.0 Å². The highest BCUT2D eigenvalue weighted by atomic mass is 28.3. The van der Waals surface area contributed by atoms with Crippen LogP contribution in [0.3, 0.4) is 0 Å². The first-order chi connectivity index (χ1) is 15.9. The molecule has 33 heavy (non-hydrogen) atoms. The zero-order valence-corrected chi connectivity index (χ0v) is 21.7. The summed E-state index contributed by atoms with van der Waals surface area (Å²) in [6.07, 6.45) is 2.18. The molecule has 1 aliphatic heterocycles. The number of carboxylic acid groups (broad SMARTS) is 1. The van der Waals surface area contributed by atoms with E-state index in [1.54, 1.807) is 0 Å². The lowest BCUT2D eigenvalue weighted by molar-refractivity contribution is -0.147. The Bertz CT molecular complexity index is 981. The molecule has 1 fully saturated rings. The molecule has 3 nitrogen and oxygen atoms in total. The summed E-state index contributed by atoms with van der Waals surface area (Å²) < 4.78 is 0. The van der Waals surface area contributed by atoms with E-state index in [9.17, 15) is 9.90 Å². The van der Waals surface area contributed by atoms with E-state index in [4.69, 9.17) is 0 Å². The Labute approximate surface area is 201 Å². The van der Waals surface area contributed by atoms with Crippen LogP contribution in [0.4, 0.5) is 0 Å². The molecule has 2 aromatic carbocycles. The van der Waals surface area contributed by atoms with E-state index < -0.39 is 19.5 Å². The number of carbonyl (C=O) groups is 1. The molecule has 4 heteroatoms. The van der Waals surface area contributed by atoms with Gasteiger partial charge in [0.2, 0.25) is 0 Å². The molecule has 0 radical (unpaired) electrons. The summed E-state index contributed by atoms with van der Waals surface area (Å²) in [6.45, 7) is 10.6. The van der Waals surface area contributed by atoms with Crippen LogP contribution >= 0.6 is 0 Å². The largest absolute Gasteiger partial charge is 0.481 e. The number of benzene rings is 2. The zero-order chi connectivity index (χ0) is 23.9. The van der Waals surface area contributed by atoms with Crippen molar-refractivity contribution in [3.8, 4) is 11.5 Å². The predicted molar refractivity (Wildman–Crippen MR) is 140 cm³/mol. The summed E-state index contributed by atoms with van der Waals surface area (Å²) in [4.78, 5) is 15.3. The molecule has 0 amide bonds. The highest BCUT2D eigenvalue weighted by Gasteiger charge is 2.47. The van der Waals surface area contributed by atoms with Crippen LogP contribution in [-0.4, -0.2) is 36.6 Å². The quantitative estimate of drug-likeness (QED) is 0.361. The minimum atomic E-state index is -1.62. The van der Waals surface area contributed by atoms with Gasteiger partial charge in [-0.3, -0.25) is 9.69 Å². The second kappa shape index (κ2) is 11.2. The molecule has 1 N–H and O–H groups in total. The Morgan fingerprint density at radius 2 is 1.67 bits per heavy atom. The van der Waals surface area contributed by atoms with E-state index in [2.05, 4.69) is 68.3 Å². The van der Waals surface area contributed by atoms with Crippen molar-refractivity contribution in [2.24, 2.45) is 0 Å². The lowest BCUT2D eigenvalue weighted by atomic mass is 9.68. The van der Waals surface area contributed by atoms with Crippen molar-refractivity contribution in [1.82, 2.24) is 4.90 Å². The average molecular weight is 462 g/mol. The first-order valence-corrected chi connectivity index (χ1v) is 15.2. The van der Waals surface area contributed by atoms with Gasteiger partial charge in [0.25, 0.3) is 0 Å². The molecule has 0 aliphatic carbocycles. The van der Waals surface area contributed by atoms with E-state index in [0.29, 0.717) is 12.8 Å². The van der Waals surface area contributed by atoms with E-state index in [1.807, 2.05) is 30.3 Å². The molecule has 2 aromatic rings. The number of piperidine rings is 1. The second-order valence-corrected chi connectivity index (χ2v) is 14.4. The predicted octanol–water partition coefficient (Wildman–Crippen LogP) is 6.48. The molecule has 2 atom stereocenters. The highest BCUT2D eigenvalue weighted by molar-refractivity contribution is 6.87. The van der Waals surface area contributed by atoms with Gasteiger partial charge < -0.3 is 5.11 Å². The zero-order valence-electron chi connectivity index (χ0n) is 20.7. The summed E-state index contributed by atoms with van der Waals surface area (Å²) in [5.41, 5.74) is 5.91. The van der Waals surface area contributed by atoms with Gasteiger partial charge in [-0.1, -0.05) is 82.1 Å². The summed E-state index contributed by atoms with van der Waals surface area (Å²) in [5, 5.41) is 10.6. The van der Waals surface area contributed by atoms with Crippen molar-refractivity contribution in [2.75, 3.05) is 6.54 Å². The molecule has 0 aromatic heterocycles. The molecule has 2 unspecified atom stereocenters. The van der Waals surface area contributed by atoms with Crippen molar-refractivity contribution in [3.63, 3.8) is 0 Å². The normalized spacial score (nSPS) is 21.3. The third kappa shape index (κ3) is 5.42. The number of likely N-dealkylation sites (tertiary alicyclic amines) is 1. The van der Waals surface area contributed by atoms with E-state index in [1.165, 1.54) is 5.56 Å². The van der Waals surface area contributed by atoms with Crippen LogP contribution in [-0.2, 0) is 16.8 Å². The number of aliphatic carboxylic acids is 1. The number of carboxylic acids is 1. The number of hydrogen-bond acceptors (Lipinski definition) is 2. The lowest BCUT2D eigenvalue weighted by Gasteiger charge is -2.45. The van der Waals surface area contributed by atoms with Crippen LogP contribution in [0.2, 0.25) is 18.1 Å². The third-order valence-corrected chi connectivity index (χ3v) is 12.7. The second-order valence-electron chi connectivity index (χ2n) is 9.50. The Kier molecular flexibility index (Phi) is 8.56. The standard InChI is InChI=1S/C29H39NO2Si/c1-5-26-22-29(28(31)32,19-20-30(26)23-24-14-10-9-11-15-24)27-17-13-12-16-25(27)18-21-33(6-2,7-3)8-4/h9-17,26H,5-8,19-20,22-23H2,1-4H3,(H,31,32). The van der Waals surface area contributed by atoms with Crippen LogP contribution in [0.5, 0.6) is 0 Å². The van der Waals surface area contributed by atoms with Crippen molar-refractivity contribution in [1.29, 1.82) is 0 Å². The van der Waals surface area contributed by atoms with Crippen molar-refractivity contribution < 1.29 is 9.90 Å². The maximum Gasteiger partial charge on any atom is 0.314 e. The van der Waals surface area contributed by atoms with Crippen LogP contribution in [0.1, 0.15) is 63.6 Å². The molecule has 1 saturated heterocycles. The van der Waals surface area contributed by atoms with Crippen LogP contribution < -0.4 is 0 Å². The van der Waals surface area contributed by atoms with Gasteiger partial charge in [0.15, 0.2) is 0 Å². The Hall–Kier alpha value is -2.35. The molecule has 1 heterocycles. The third-order valence-electron chi connectivity index (χ3n) is 7.97. The van der Waals surface area contributed by atoms with Gasteiger partial charge in [-0.2, -0.15) is 0 Å². The lowest BCUT2D eigenvalue weighted by Crippen LogP contribution is -2.52. The Morgan fingerprint density at radius 3 is 2.27 bits per heavy atom. The Morgan fingerprint density at radius 1 is 1.03 bits per heavy atom. The van der Waals surface area contributed by atoms with Crippen molar-refractivity contribution in [3.05, 3.63) is 71.3 Å². The van der Waals surface area contributed by atoms with Crippen LogP contribution in [0, 0.1) is 11.5 Å². The van der Waals surface area contributed by atoms with Gasteiger partial charge in [0, 0.05) is 24.7 Å². The van der Waals surface area contributed by atoms with Gasteiger partial charge in [0.1, 0.15) is 8.07 Å². The minimum absolute atomic E-state index is 0.228. The summed E-state index contributed by atoms with van der Waals surface area (Å²) in [6, 6.07) is 22.2. The molecule has 0 bridgehead atoms. The average Bonchev–Trinajstić information content (AvgIpc) is 2.86. The SMILES string of the molecule is CCC1CC(C(=O)O)(c2ccccc2C#C[Si](CC)(CC)CC)CCN1Cc1ccccc1. The van der Waals surface area contributed by atoms with E-state index in [0.717, 1.165) is 48.8 Å². The molecule has 1 aliphatic rings. The number of hydrogen-bond donors (Lipinski definition) is 1. The van der Waals surface area contributed by atoms with Gasteiger partial charge in [-0.15, -0.1) is 5.54 Å². The summed E-state index contributed by atoms with van der Waals surface area (Å²) in [7, 11) is -1.62. The molecule has 176 valence electrons. The van der Waals surface area contributed by atoms with Crippen molar-refractivity contribution in [2.45, 2.75) is 83.1 Å². The maximum absolute atomic E-state index is 12.9. The first kappa shape index (κ1) is 25.3. The van der Waals surface area contributed by atoms with Crippen LogP contribution in [0.15, 0.2) is 54.6 Å². The molecule has 0 saturated carbocycles. The summed E-state index contributed by atoms with van der Waals surface area (Å²) >= 11 is 0. The van der Waals surface area contributed by atoms with E-state index in [-0.39, 0.29) is 6.04 Å². The van der Waals surface area contributed by atoms with Crippen LogP contribution in [0.25, 0.3) is 0 Å². The molecule has 3 rings (SSSR count). The van der Waals surface area contributed by atoms with E-state index >= 15 is 0 Å². The topological polar surface area (TPSA) is 40.5 Å². The van der Waals surface area contributed by atoms with Gasteiger partial charge in [-0.05, 0) is 54.6 Å². The van der Waals surface area contributed by atoms with Gasteiger partial charge in [0.05, 0.1) is 5.41 Å². The minimum Gasteiger partial charge on any atom is -0.481 e.